The van der Waals surface area contributed by atoms with Gasteiger partial charge in [0.05, 0.1) is 5.69 Å². The number of fused-ring (bicyclic) bond motifs is 1. The number of amides is 2. The fourth-order valence-electron chi connectivity index (χ4n) is 2.40. The molecule has 1 heterocycles. The van der Waals surface area contributed by atoms with Crippen molar-refractivity contribution in [1.82, 2.24) is 5.32 Å². The van der Waals surface area contributed by atoms with E-state index >= 15 is 0 Å². The number of nitrogens with two attached hydrogens (primary N) is 1. The summed E-state index contributed by atoms with van der Waals surface area (Å²) >= 11 is 0. The number of hydrogen-bond donors (Lipinski definition) is 2. The Balaban J connectivity index is 2.57. The lowest BCUT2D eigenvalue weighted by atomic mass is 10.0. The molecule has 0 saturated heterocycles. The van der Waals surface area contributed by atoms with Gasteiger partial charge in [-0.3, -0.25) is 9.59 Å². The maximum atomic E-state index is 12.2. The molecule has 1 aliphatic rings. The van der Waals surface area contributed by atoms with Gasteiger partial charge in [0, 0.05) is 5.56 Å². The standard InChI is InChI=1S/C13H17N3O2/c1-7-4-5-9-11(15-3)13(18)16(6-10(14)17)12(9)8(7)2/h4-5,11,15H,6H2,1-3H3,(H2,14,17). The van der Waals surface area contributed by atoms with E-state index < -0.39 is 11.9 Å². The van der Waals surface area contributed by atoms with Crippen LogP contribution in [0.4, 0.5) is 5.69 Å². The summed E-state index contributed by atoms with van der Waals surface area (Å²) in [5.41, 5.74) is 9.04. The highest BCUT2D eigenvalue weighted by Crippen LogP contribution is 2.39. The Morgan fingerprint density at radius 1 is 1.44 bits per heavy atom. The van der Waals surface area contributed by atoms with Crippen LogP contribution >= 0.6 is 0 Å². The summed E-state index contributed by atoms with van der Waals surface area (Å²) < 4.78 is 0. The second kappa shape index (κ2) is 4.42. The van der Waals surface area contributed by atoms with Crippen LogP contribution in [0.25, 0.3) is 0 Å². The van der Waals surface area contributed by atoms with E-state index in [1.54, 1.807) is 7.05 Å². The Labute approximate surface area is 106 Å². The quantitative estimate of drug-likeness (QED) is 0.811. The van der Waals surface area contributed by atoms with E-state index in [-0.39, 0.29) is 12.5 Å². The molecule has 1 aromatic carbocycles. The number of carbonyl (C=O) groups excluding carboxylic acids is 2. The highest BCUT2D eigenvalue weighted by Gasteiger charge is 2.38. The van der Waals surface area contributed by atoms with E-state index in [0.29, 0.717) is 0 Å². The van der Waals surface area contributed by atoms with Crippen molar-refractivity contribution in [2.24, 2.45) is 5.73 Å². The van der Waals surface area contributed by atoms with Crippen LogP contribution in [0.15, 0.2) is 12.1 Å². The molecule has 18 heavy (non-hydrogen) atoms. The lowest BCUT2D eigenvalue weighted by molar-refractivity contribution is -0.123. The van der Waals surface area contributed by atoms with E-state index in [0.717, 1.165) is 22.4 Å². The van der Waals surface area contributed by atoms with E-state index in [2.05, 4.69) is 5.32 Å². The number of likely N-dealkylation sites (N-methyl/N-ethyl adjacent to an activating group) is 1. The second-order valence-corrected chi connectivity index (χ2v) is 4.56. The molecule has 0 bridgehead atoms. The van der Waals surface area contributed by atoms with Gasteiger partial charge in [0.15, 0.2) is 0 Å². The van der Waals surface area contributed by atoms with Crippen molar-refractivity contribution in [3.63, 3.8) is 0 Å². The molecule has 0 aromatic heterocycles. The van der Waals surface area contributed by atoms with Crippen LogP contribution in [-0.2, 0) is 9.59 Å². The van der Waals surface area contributed by atoms with Crippen molar-refractivity contribution < 1.29 is 9.59 Å². The van der Waals surface area contributed by atoms with E-state index in [9.17, 15) is 9.59 Å². The number of anilines is 1. The van der Waals surface area contributed by atoms with Gasteiger partial charge in [-0.25, -0.2) is 0 Å². The largest absolute Gasteiger partial charge is 0.368 e. The minimum absolute atomic E-state index is 0.0751. The third kappa shape index (κ3) is 1.76. The van der Waals surface area contributed by atoms with Gasteiger partial charge in [0.1, 0.15) is 12.6 Å². The summed E-state index contributed by atoms with van der Waals surface area (Å²) in [6.45, 7) is 3.86. The number of carbonyl (C=O) groups is 2. The van der Waals surface area contributed by atoms with Gasteiger partial charge in [0.25, 0.3) is 0 Å². The minimum atomic E-state index is -0.507. The maximum Gasteiger partial charge on any atom is 0.249 e. The van der Waals surface area contributed by atoms with Crippen molar-refractivity contribution >= 4 is 17.5 Å². The minimum Gasteiger partial charge on any atom is -0.368 e. The molecule has 0 saturated carbocycles. The molecular weight excluding hydrogens is 230 g/mol. The molecular formula is C13H17N3O2. The van der Waals surface area contributed by atoms with Crippen molar-refractivity contribution in [2.45, 2.75) is 19.9 Å². The number of rotatable bonds is 3. The Morgan fingerprint density at radius 3 is 2.67 bits per heavy atom. The lowest BCUT2D eigenvalue weighted by Gasteiger charge is -2.18. The average molecular weight is 247 g/mol. The van der Waals surface area contributed by atoms with Gasteiger partial charge in [0.2, 0.25) is 11.8 Å². The predicted molar refractivity (Wildman–Crippen MR) is 69.3 cm³/mol. The third-order valence-corrected chi connectivity index (χ3v) is 3.43. The topological polar surface area (TPSA) is 75.4 Å². The highest BCUT2D eigenvalue weighted by molar-refractivity contribution is 6.08. The average Bonchev–Trinajstić information content (AvgIpc) is 2.57. The molecule has 0 aliphatic carbocycles. The van der Waals surface area contributed by atoms with E-state index in [1.165, 1.54) is 4.90 Å². The van der Waals surface area contributed by atoms with Crippen LogP contribution in [-0.4, -0.2) is 25.4 Å². The Morgan fingerprint density at radius 2 is 2.11 bits per heavy atom. The molecule has 0 spiro atoms. The Hall–Kier alpha value is -1.88. The molecule has 5 heteroatoms. The van der Waals surface area contributed by atoms with Gasteiger partial charge in [-0.2, -0.15) is 0 Å². The van der Waals surface area contributed by atoms with Crippen molar-refractivity contribution in [3.8, 4) is 0 Å². The summed E-state index contributed by atoms with van der Waals surface area (Å²) in [4.78, 5) is 24.8. The molecule has 1 aliphatic heterocycles. The predicted octanol–water partition coefficient (Wildman–Crippen LogP) is 0.396. The molecule has 0 radical (unpaired) electrons. The zero-order valence-corrected chi connectivity index (χ0v) is 10.8. The highest BCUT2D eigenvalue weighted by atomic mass is 16.2. The third-order valence-electron chi connectivity index (χ3n) is 3.43. The molecule has 96 valence electrons. The van der Waals surface area contributed by atoms with Crippen LogP contribution < -0.4 is 16.0 Å². The van der Waals surface area contributed by atoms with Crippen molar-refractivity contribution in [1.29, 1.82) is 0 Å². The van der Waals surface area contributed by atoms with Crippen LogP contribution in [0.2, 0.25) is 0 Å². The summed E-state index contributed by atoms with van der Waals surface area (Å²) in [7, 11) is 1.73. The molecule has 2 amide bonds. The number of nitrogens with one attached hydrogen (secondary N) is 1. The normalized spacial score (nSPS) is 18.1. The first-order valence-corrected chi connectivity index (χ1v) is 5.84. The second-order valence-electron chi connectivity index (χ2n) is 4.56. The maximum absolute atomic E-state index is 12.2. The molecule has 1 atom stereocenters. The first-order valence-electron chi connectivity index (χ1n) is 5.84. The van der Waals surface area contributed by atoms with Crippen molar-refractivity contribution in [2.75, 3.05) is 18.5 Å². The first-order chi connectivity index (χ1) is 8.47. The molecule has 2 rings (SSSR count). The van der Waals surface area contributed by atoms with Gasteiger partial charge < -0.3 is 16.0 Å². The van der Waals surface area contributed by atoms with Gasteiger partial charge >= 0.3 is 0 Å². The number of primary amides is 1. The summed E-state index contributed by atoms with van der Waals surface area (Å²) in [5, 5.41) is 2.98. The van der Waals surface area contributed by atoms with Crippen LogP contribution in [0.1, 0.15) is 22.7 Å². The molecule has 0 fully saturated rings. The van der Waals surface area contributed by atoms with E-state index in [1.807, 2.05) is 26.0 Å². The van der Waals surface area contributed by atoms with Crippen LogP contribution in [0, 0.1) is 13.8 Å². The van der Waals surface area contributed by atoms with Crippen LogP contribution in [0.5, 0.6) is 0 Å². The van der Waals surface area contributed by atoms with Gasteiger partial charge in [-0.05, 0) is 32.0 Å². The molecule has 5 nitrogen and oxygen atoms in total. The number of hydrogen-bond acceptors (Lipinski definition) is 3. The fourth-order valence-corrected chi connectivity index (χ4v) is 2.40. The lowest BCUT2D eigenvalue weighted by Crippen LogP contribution is -2.39. The Kier molecular flexibility index (Phi) is 3.09. The van der Waals surface area contributed by atoms with E-state index in [4.69, 9.17) is 5.73 Å². The monoisotopic (exact) mass is 247 g/mol. The number of nitrogens with zero attached hydrogens (tertiary/aromatic N) is 1. The van der Waals surface area contributed by atoms with Crippen molar-refractivity contribution in [3.05, 3.63) is 28.8 Å². The Bertz CT molecular complexity index is 525. The number of aryl methyl sites for hydroxylation is 1. The summed E-state index contributed by atoms with van der Waals surface area (Å²) in [5.74, 6) is -0.632. The summed E-state index contributed by atoms with van der Waals surface area (Å²) in [6.07, 6.45) is 0. The smallest absolute Gasteiger partial charge is 0.249 e. The molecule has 3 N–H and O–H groups in total. The van der Waals surface area contributed by atoms with Crippen LogP contribution in [0.3, 0.4) is 0 Å². The molecule has 1 aromatic rings. The SMILES string of the molecule is CNC1C(=O)N(CC(N)=O)c2c1ccc(C)c2C. The number of benzene rings is 1. The fraction of sp³-hybridized carbons (Fsp3) is 0.385. The van der Waals surface area contributed by atoms with Gasteiger partial charge in [-0.1, -0.05) is 12.1 Å². The molecule has 1 unspecified atom stereocenters. The first kappa shape index (κ1) is 12.6. The zero-order chi connectivity index (χ0) is 13.4. The summed E-state index contributed by atoms with van der Waals surface area (Å²) in [6, 6.07) is 3.52. The van der Waals surface area contributed by atoms with Gasteiger partial charge in [-0.15, -0.1) is 0 Å². The zero-order valence-electron chi connectivity index (χ0n) is 10.8.